The van der Waals surface area contributed by atoms with Gasteiger partial charge in [0, 0.05) is 12.6 Å². The zero-order valence-electron chi connectivity index (χ0n) is 11.3. The molecule has 3 N–H and O–H groups in total. The van der Waals surface area contributed by atoms with E-state index in [-0.39, 0.29) is 15.3 Å². The molecule has 6 nitrogen and oxygen atoms in total. The maximum absolute atomic E-state index is 12.1. The lowest BCUT2D eigenvalue weighted by molar-refractivity contribution is 0.0914. The van der Waals surface area contributed by atoms with Gasteiger partial charge >= 0.3 is 0 Å². The molecule has 0 aliphatic heterocycles. The Labute approximate surface area is 131 Å². The zero-order chi connectivity index (χ0) is 15.2. The van der Waals surface area contributed by atoms with Crippen molar-refractivity contribution in [2.45, 2.75) is 30.6 Å². The minimum atomic E-state index is -3.90. The minimum absolute atomic E-state index is 0.0451. The first-order valence-electron chi connectivity index (χ1n) is 6.96. The Hall–Kier alpha value is -0.860. The molecule has 21 heavy (non-hydrogen) atoms. The average molecular weight is 377 g/mol. The molecule has 3 rings (SSSR count). The summed E-state index contributed by atoms with van der Waals surface area (Å²) in [7, 11) is -3.90. The third-order valence-corrected chi connectivity index (χ3v) is 5.91. The van der Waals surface area contributed by atoms with Gasteiger partial charge in [-0.25, -0.2) is 13.6 Å². The van der Waals surface area contributed by atoms with Crippen LogP contribution < -0.4 is 10.5 Å². The van der Waals surface area contributed by atoms with E-state index >= 15 is 0 Å². The number of furan rings is 1. The molecule has 0 saturated heterocycles. The first-order chi connectivity index (χ1) is 9.86. The number of rotatable bonds is 6. The van der Waals surface area contributed by atoms with E-state index in [0.717, 1.165) is 17.9 Å². The van der Waals surface area contributed by atoms with Gasteiger partial charge in [-0.3, -0.25) is 4.79 Å². The second-order valence-corrected chi connectivity index (χ2v) is 8.09. The number of hydrogen-bond acceptors (Lipinski definition) is 4. The number of halogens is 1. The van der Waals surface area contributed by atoms with E-state index in [9.17, 15) is 13.2 Å². The van der Waals surface area contributed by atoms with E-state index in [0.29, 0.717) is 12.5 Å². The molecule has 2 fully saturated rings. The summed E-state index contributed by atoms with van der Waals surface area (Å²) >= 11 is 2.96. The van der Waals surface area contributed by atoms with Crippen molar-refractivity contribution in [3.63, 3.8) is 0 Å². The Morgan fingerprint density at radius 3 is 2.38 bits per heavy atom. The summed E-state index contributed by atoms with van der Waals surface area (Å²) in [5, 5.41) is 7.88. The summed E-state index contributed by atoms with van der Waals surface area (Å²) in [5.41, 5.74) is 0. The fraction of sp³-hybridized carbons (Fsp3) is 0.615. The molecule has 8 heteroatoms. The molecule has 2 saturated carbocycles. The van der Waals surface area contributed by atoms with Gasteiger partial charge in [0.25, 0.3) is 5.91 Å². The van der Waals surface area contributed by atoms with Gasteiger partial charge in [0.2, 0.25) is 10.0 Å². The van der Waals surface area contributed by atoms with Gasteiger partial charge < -0.3 is 9.73 Å². The molecule has 2 aliphatic carbocycles. The van der Waals surface area contributed by atoms with Crippen LogP contribution in [0.4, 0.5) is 0 Å². The minimum Gasteiger partial charge on any atom is -0.443 e. The number of carbonyl (C=O) groups is 1. The summed E-state index contributed by atoms with van der Waals surface area (Å²) in [6, 6.07) is 1.15. The lowest BCUT2D eigenvalue weighted by Gasteiger charge is -2.15. The molecule has 0 spiro atoms. The Balaban J connectivity index is 1.65. The van der Waals surface area contributed by atoms with Crippen LogP contribution in [0.25, 0.3) is 0 Å². The Morgan fingerprint density at radius 1 is 1.38 bits per heavy atom. The largest absolute Gasteiger partial charge is 0.443 e. The monoisotopic (exact) mass is 376 g/mol. The first kappa shape index (κ1) is 15.1. The first-order valence-corrected chi connectivity index (χ1v) is 9.30. The lowest BCUT2D eigenvalue weighted by atomic mass is 9.98. The molecule has 1 amide bonds. The van der Waals surface area contributed by atoms with Crippen molar-refractivity contribution in [1.29, 1.82) is 0 Å². The highest BCUT2D eigenvalue weighted by atomic mass is 79.9. The number of nitrogens with one attached hydrogen (secondary N) is 1. The van der Waals surface area contributed by atoms with Crippen molar-refractivity contribution < 1.29 is 17.6 Å². The fourth-order valence-electron chi connectivity index (χ4n) is 2.72. The Bertz CT molecular complexity index is 650. The van der Waals surface area contributed by atoms with Crippen molar-refractivity contribution in [2.75, 3.05) is 6.54 Å². The van der Waals surface area contributed by atoms with Crippen molar-refractivity contribution in [2.24, 2.45) is 22.9 Å². The molecule has 0 atom stereocenters. The van der Waals surface area contributed by atoms with Gasteiger partial charge in [-0.05, 0) is 59.4 Å². The van der Waals surface area contributed by atoms with Gasteiger partial charge in [-0.1, -0.05) is 0 Å². The van der Waals surface area contributed by atoms with E-state index in [1.165, 1.54) is 25.7 Å². The predicted octanol–water partition coefficient (Wildman–Crippen LogP) is 1.86. The van der Waals surface area contributed by atoms with Crippen LogP contribution in [0, 0.1) is 17.8 Å². The summed E-state index contributed by atoms with van der Waals surface area (Å²) < 4.78 is 27.7. The predicted molar refractivity (Wildman–Crippen MR) is 79.1 cm³/mol. The number of hydrogen-bond donors (Lipinski definition) is 2. The van der Waals surface area contributed by atoms with E-state index in [4.69, 9.17) is 9.56 Å². The van der Waals surface area contributed by atoms with Crippen molar-refractivity contribution in [3.8, 4) is 0 Å². The van der Waals surface area contributed by atoms with Crippen LogP contribution in [-0.2, 0) is 10.0 Å². The molecule has 0 radical (unpaired) electrons. The molecule has 1 aromatic heterocycles. The quantitative estimate of drug-likeness (QED) is 0.790. The van der Waals surface area contributed by atoms with E-state index in [2.05, 4.69) is 21.2 Å². The summed E-state index contributed by atoms with van der Waals surface area (Å²) in [6.45, 7) is 0.622. The highest BCUT2D eigenvalue weighted by Crippen LogP contribution is 2.48. The van der Waals surface area contributed by atoms with Crippen LogP contribution in [-0.4, -0.2) is 20.9 Å². The number of amides is 1. The molecule has 0 bridgehead atoms. The van der Waals surface area contributed by atoms with E-state index in [1.807, 2.05) is 0 Å². The Morgan fingerprint density at radius 2 is 1.95 bits per heavy atom. The van der Waals surface area contributed by atoms with Crippen LogP contribution in [0.2, 0.25) is 0 Å². The average Bonchev–Trinajstić information content (AvgIpc) is 3.28. The third kappa shape index (κ3) is 3.49. The number of nitrogens with two attached hydrogens (primary N) is 1. The molecule has 116 valence electrons. The van der Waals surface area contributed by atoms with Crippen molar-refractivity contribution in [3.05, 3.63) is 16.5 Å². The van der Waals surface area contributed by atoms with Crippen LogP contribution in [0.15, 0.2) is 20.0 Å². The maximum atomic E-state index is 12.1. The van der Waals surface area contributed by atoms with Crippen LogP contribution in [0.5, 0.6) is 0 Å². The Kier molecular flexibility index (Phi) is 3.87. The highest BCUT2D eigenvalue weighted by Gasteiger charge is 2.41. The molecule has 1 heterocycles. The summed E-state index contributed by atoms with van der Waals surface area (Å²) in [4.78, 5) is 11.9. The van der Waals surface area contributed by atoms with Gasteiger partial charge in [-0.15, -0.1) is 0 Å². The number of primary sulfonamides is 1. The summed E-state index contributed by atoms with van der Waals surface area (Å²) in [6.07, 6.45) is 5.00. The van der Waals surface area contributed by atoms with Crippen molar-refractivity contribution in [1.82, 2.24) is 5.32 Å². The van der Waals surface area contributed by atoms with E-state index < -0.39 is 15.9 Å². The van der Waals surface area contributed by atoms with Crippen LogP contribution >= 0.6 is 15.9 Å². The van der Waals surface area contributed by atoms with Gasteiger partial charge in [0.15, 0.2) is 10.4 Å². The number of sulfonamides is 1. The molecular formula is C13H17BrN2O4S. The lowest BCUT2D eigenvalue weighted by Crippen LogP contribution is -2.30. The normalized spacial score (nSPS) is 19.0. The van der Waals surface area contributed by atoms with Crippen molar-refractivity contribution >= 4 is 31.9 Å². The van der Waals surface area contributed by atoms with Gasteiger partial charge in [-0.2, -0.15) is 0 Å². The SMILES string of the molecule is NS(=O)(=O)c1cc(C(=O)NCC(C2CC2)C2CC2)oc1Br. The number of carbonyl (C=O) groups excluding carboxylic acids is 1. The molecule has 0 unspecified atom stereocenters. The summed E-state index contributed by atoms with van der Waals surface area (Å²) in [5.74, 6) is 1.57. The van der Waals surface area contributed by atoms with Crippen LogP contribution in [0.3, 0.4) is 0 Å². The zero-order valence-corrected chi connectivity index (χ0v) is 13.7. The maximum Gasteiger partial charge on any atom is 0.287 e. The second-order valence-electron chi connectivity index (χ2n) is 5.84. The van der Waals surface area contributed by atoms with Gasteiger partial charge in [0.05, 0.1) is 0 Å². The smallest absolute Gasteiger partial charge is 0.287 e. The van der Waals surface area contributed by atoms with E-state index in [1.54, 1.807) is 0 Å². The fourth-order valence-corrected chi connectivity index (χ4v) is 4.23. The molecule has 0 aromatic carbocycles. The topological polar surface area (TPSA) is 102 Å². The standard InChI is InChI=1S/C13H17BrN2O4S/c14-12-11(21(15,18)19)5-10(20-12)13(17)16-6-9(7-1-2-7)8-3-4-8/h5,7-9H,1-4,6H2,(H,16,17)(H2,15,18,19). The third-order valence-electron chi connectivity index (χ3n) is 4.14. The molecule has 2 aliphatic rings. The second kappa shape index (κ2) is 5.40. The van der Waals surface area contributed by atoms with Gasteiger partial charge in [0.1, 0.15) is 4.90 Å². The molecule has 1 aromatic rings. The van der Waals surface area contributed by atoms with Crippen LogP contribution in [0.1, 0.15) is 36.2 Å². The molecular weight excluding hydrogens is 360 g/mol. The highest BCUT2D eigenvalue weighted by molar-refractivity contribution is 9.10.